The number of nitrogens with zero attached hydrogens (tertiary/aromatic N) is 1. The fourth-order valence-electron chi connectivity index (χ4n) is 3.71. The van der Waals surface area contributed by atoms with Gasteiger partial charge in [0.2, 0.25) is 5.91 Å². The second-order valence-electron chi connectivity index (χ2n) is 8.31. The van der Waals surface area contributed by atoms with E-state index in [4.69, 9.17) is 16.3 Å². The van der Waals surface area contributed by atoms with Gasteiger partial charge in [-0.25, -0.2) is 0 Å². The molecule has 0 unspecified atom stereocenters. The van der Waals surface area contributed by atoms with Crippen LogP contribution in [0.3, 0.4) is 0 Å². The highest BCUT2D eigenvalue weighted by atomic mass is 79.9. The number of ether oxygens (including phenoxy) is 1. The number of halogens is 2. The highest BCUT2D eigenvalue weighted by molar-refractivity contribution is 9.10. The molecular weight excluding hydrogens is 528 g/mol. The Morgan fingerprint density at radius 3 is 2.46 bits per heavy atom. The number of aryl methyl sites for hydroxylation is 1. The predicted octanol–water partition coefficient (Wildman–Crippen LogP) is 5.96. The standard InChI is InChI=1S/C28H30BrClN2O3/c1-3-15-31-28(34)25(16-21-10-5-4-6-11-21)32(18-22-12-8-7-9-20(22)2)27(33)19-35-26-14-13-23(30)17-24(26)29/h4-14,17,25H,3,15-16,18-19H2,1-2H3,(H,31,34)/t25-/m0/s1. The molecular formula is C28H30BrClN2O3. The van der Waals surface area contributed by atoms with Crippen LogP contribution in [0.2, 0.25) is 5.02 Å². The number of amides is 2. The normalized spacial score (nSPS) is 11.5. The van der Waals surface area contributed by atoms with Crippen molar-refractivity contribution in [1.29, 1.82) is 0 Å². The molecule has 0 saturated heterocycles. The van der Waals surface area contributed by atoms with Crippen LogP contribution in [0.4, 0.5) is 0 Å². The molecule has 0 aliphatic heterocycles. The smallest absolute Gasteiger partial charge is 0.261 e. The Morgan fingerprint density at radius 1 is 1.06 bits per heavy atom. The number of hydrogen-bond acceptors (Lipinski definition) is 3. The van der Waals surface area contributed by atoms with Crippen LogP contribution in [0.25, 0.3) is 0 Å². The molecule has 0 saturated carbocycles. The summed E-state index contributed by atoms with van der Waals surface area (Å²) in [6.07, 6.45) is 1.21. The Morgan fingerprint density at radius 2 is 1.77 bits per heavy atom. The lowest BCUT2D eigenvalue weighted by atomic mass is 10.0. The molecule has 0 spiro atoms. The summed E-state index contributed by atoms with van der Waals surface area (Å²) in [5.74, 6) is 0.0571. The Balaban J connectivity index is 1.91. The van der Waals surface area contributed by atoms with E-state index in [2.05, 4.69) is 21.2 Å². The van der Waals surface area contributed by atoms with Gasteiger partial charge in [0.1, 0.15) is 11.8 Å². The summed E-state index contributed by atoms with van der Waals surface area (Å²) in [5.41, 5.74) is 3.02. The van der Waals surface area contributed by atoms with Crippen molar-refractivity contribution in [3.05, 3.63) is 99.0 Å². The molecule has 0 aliphatic carbocycles. The molecule has 3 rings (SSSR count). The Kier molecular flexibility index (Phi) is 10.2. The minimum absolute atomic E-state index is 0.176. The van der Waals surface area contributed by atoms with Gasteiger partial charge in [0, 0.05) is 24.5 Å². The molecule has 3 aromatic rings. The maximum Gasteiger partial charge on any atom is 0.261 e. The number of benzene rings is 3. The van der Waals surface area contributed by atoms with Crippen molar-refractivity contribution in [2.75, 3.05) is 13.2 Å². The lowest BCUT2D eigenvalue weighted by Crippen LogP contribution is -2.51. The Labute approximate surface area is 220 Å². The lowest BCUT2D eigenvalue weighted by Gasteiger charge is -2.32. The van der Waals surface area contributed by atoms with Gasteiger partial charge >= 0.3 is 0 Å². The molecule has 0 heterocycles. The first kappa shape index (κ1) is 26.8. The maximum absolute atomic E-state index is 13.6. The van der Waals surface area contributed by atoms with Crippen LogP contribution < -0.4 is 10.1 Å². The summed E-state index contributed by atoms with van der Waals surface area (Å²) >= 11 is 9.45. The zero-order valence-corrected chi connectivity index (χ0v) is 22.3. The van der Waals surface area contributed by atoms with Crippen LogP contribution in [-0.2, 0) is 22.6 Å². The van der Waals surface area contributed by atoms with Crippen LogP contribution in [0.5, 0.6) is 5.75 Å². The van der Waals surface area contributed by atoms with Crippen LogP contribution in [0.15, 0.2) is 77.3 Å². The van der Waals surface area contributed by atoms with Gasteiger partial charge in [-0.15, -0.1) is 0 Å². The van der Waals surface area contributed by atoms with Gasteiger partial charge in [0.05, 0.1) is 4.47 Å². The zero-order valence-electron chi connectivity index (χ0n) is 20.0. The molecule has 0 bridgehead atoms. The maximum atomic E-state index is 13.6. The van der Waals surface area contributed by atoms with Crippen molar-refractivity contribution in [3.63, 3.8) is 0 Å². The van der Waals surface area contributed by atoms with Crippen molar-refractivity contribution >= 4 is 39.3 Å². The second kappa shape index (κ2) is 13.3. The van der Waals surface area contributed by atoms with E-state index in [9.17, 15) is 9.59 Å². The van der Waals surface area contributed by atoms with Crippen molar-refractivity contribution in [2.45, 2.75) is 39.3 Å². The first-order chi connectivity index (χ1) is 16.9. The predicted molar refractivity (Wildman–Crippen MR) is 144 cm³/mol. The van der Waals surface area contributed by atoms with E-state index >= 15 is 0 Å². The molecule has 5 nitrogen and oxygen atoms in total. The Bertz CT molecular complexity index is 1140. The van der Waals surface area contributed by atoms with Gasteiger partial charge in [0.15, 0.2) is 6.61 Å². The van der Waals surface area contributed by atoms with Crippen LogP contribution in [-0.4, -0.2) is 35.9 Å². The molecule has 1 N–H and O–H groups in total. The molecule has 3 aromatic carbocycles. The molecule has 2 amide bonds. The number of nitrogens with one attached hydrogen (secondary N) is 1. The lowest BCUT2D eigenvalue weighted by molar-refractivity contribution is -0.142. The average molecular weight is 558 g/mol. The minimum atomic E-state index is -0.687. The third-order valence-corrected chi connectivity index (χ3v) is 6.52. The van der Waals surface area contributed by atoms with Gasteiger partial charge < -0.3 is 15.0 Å². The van der Waals surface area contributed by atoms with E-state index in [1.165, 1.54) is 0 Å². The Hall–Kier alpha value is -2.83. The van der Waals surface area contributed by atoms with Gasteiger partial charge in [-0.3, -0.25) is 9.59 Å². The number of rotatable bonds is 11. The summed E-state index contributed by atoms with van der Waals surface area (Å²) in [6.45, 7) is 4.64. The molecule has 7 heteroatoms. The topological polar surface area (TPSA) is 58.6 Å². The van der Waals surface area contributed by atoms with Crippen LogP contribution in [0.1, 0.15) is 30.0 Å². The van der Waals surface area contributed by atoms with E-state index in [-0.39, 0.29) is 18.4 Å². The summed E-state index contributed by atoms with van der Waals surface area (Å²) < 4.78 is 6.49. The van der Waals surface area contributed by atoms with Crippen molar-refractivity contribution < 1.29 is 14.3 Å². The van der Waals surface area contributed by atoms with E-state index in [1.807, 2.05) is 68.4 Å². The van der Waals surface area contributed by atoms with Gasteiger partial charge in [-0.2, -0.15) is 0 Å². The SMILES string of the molecule is CCCNC(=O)[C@H](Cc1ccccc1)N(Cc1ccccc1C)C(=O)COc1ccc(Cl)cc1Br. The third kappa shape index (κ3) is 7.84. The second-order valence-corrected chi connectivity index (χ2v) is 9.60. The largest absolute Gasteiger partial charge is 0.483 e. The number of hydrogen-bond donors (Lipinski definition) is 1. The molecule has 1 atom stereocenters. The van der Waals surface area contributed by atoms with Gasteiger partial charge in [-0.05, 0) is 64.2 Å². The summed E-state index contributed by atoms with van der Waals surface area (Å²) in [5, 5.41) is 3.54. The number of carbonyl (C=O) groups excluding carboxylic acids is 2. The fraction of sp³-hybridized carbons (Fsp3) is 0.286. The highest BCUT2D eigenvalue weighted by Crippen LogP contribution is 2.28. The quantitative estimate of drug-likeness (QED) is 0.317. The third-order valence-electron chi connectivity index (χ3n) is 5.67. The molecule has 0 fully saturated rings. The molecule has 35 heavy (non-hydrogen) atoms. The van der Waals surface area contributed by atoms with Gasteiger partial charge in [-0.1, -0.05) is 73.1 Å². The summed E-state index contributed by atoms with van der Waals surface area (Å²) in [7, 11) is 0. The summed E-state index contributed by atoms with van der Waals surface area (Å²) in [6, 6.07) is 22.1. The molecule has 0 radical (unpaired) electrons. The van der Waals surface area contributed by atoms with Crippen molar-refractivity contribution in [2.24, 2.45) is 0 Å². The van der Waals surface area contributed by atoms with Crippen molar-refractivity contribution in [3.8, 4) is 5.75 Å². The fourth-order valence-corrected chi connectivity index (χ4v) is 4.50. The molecule has 184 valence electrons. The first-order valence-corrected chi connectivity index (χ1v) is 12.8. The first-order valence-electron chi connectivity index (χ1n) is 11.6. The number of carbonyl (C=O) groups is 2. The monoisotopic (exact) mass is 556 g/mol. The van der Waals surface area contributed by atoms with Crippen LogP contribution in [0, 0.1) is 6.92 Å². The van der Waals surface area contributed by atoms with E-state index in [0.717, 1.165) is 23.1 Å². The van der Waals surface area contributed by atoms with E-state index < -0.39 is 6.04 Å². The minimum Gasteiger partial charge on any atom is -0.483 e. The van der Waals surface area contributed by atoms with E-state index in [0.29, 0.717) is 34.8 Å². The molecule has 0 aliphatic rings. The van der Waals surface area contributed by atoms with Crippen molar-refractivity contribution in [1.82, 2.24) is 10.2 Å². The van der Waals surface area contributed by atoms with Gasteiger partial charge in [0.25, 0.3) is 5.91 Å². The summed E-state index contributed by atoms with van der Waals surface area (Å²) in [4.78, 5) is 28.6. The van der Waals surface area contributed by atoms with Crippen LogP contribution >= 0.6 is 27.5 Å². The highest BCUT2D eigenvalue weighted by Gasteiger charge is 2.31. The average Bonchev–Trinajstić information content (AvgIpc) is 2.85. The zero-order chi connectivity index (χ0) is 25.2. The molecule has 0 aromatic heterocycles. The van der Waals surface area contributed by atoms with E-state index in [1.54, 1.807) is 23.1 Å².